The molecule has 1 saturated heterocycles. The first-order valence-corrected chi connectivity index (χ1v) is 13.0. The van der Waals surface area contributed by atoms with E-state index >= 15 is 0 Å². The molecule has 3 aromatic rings. The van der Waals surface area contributed by atoms with Crippen LogP contribution in [0, 0.1) is 22.7 Å². The minimum absolute atomic E-state index is 0.136. The molecule has 0 N–H and O–H groups in total. The molecule has 0 aliphatic carbocycles. The van der Waals surface area contributed by atoms with Crippen LogP contribution in [0.5, 0.6) is 0 Å². The van der Waals surface area contributed by atoms with E-state index in [0.29, 0.717) is 29.1 Å². The van der Waals surface area contributed by atoms with Crippen molar-refractivity contribution in [2.75, 3.05) is 18.0 Å². The highest BCUT2D eigenvalue weighted by Gasteiger charge is 2.37. The fraction of sp³-hybridized carbons (Fsp3) is 0.483. The Kier molecular flexibility index (Phi) is 7.34. The Morgan fingerprint density at radius 1 is 1.03 bits per heavy atom. The minimum Gasteiger partial charge on any atom is -0.349 e. The Balaban J connectivity index is 1.70. The first-order chi connectivity index (χ1) is 17.6. The Labute approximate surface area is 218 Å². The van der Waals surface area contributed by atoms with Gasteiger partial charge in [-0.2, -0.15) is 15.5 Å². The van der Waals surface area contributed by atoms with Crippen LogP contribution in [0.3, 0.4) is 0 Å². The van der Waals surface area contributed by atoms with E-state index in [-0.39, 0.29) is 23.8 Å². The molecular formula is C29H35N7O. The highest BCUT2D eigenvalue weighted by molar-refractivity contribution is 5.86. The Hall–Kier alpha value is -3.75. The van der Waals surface area contributed by atoms with Gasteiger partial charge in [0.2, 0.25) is 0 Å². The van der Waals surface area contributed by atoms with Gasteiger partial charge >= 0.3 is 5.69 Å². The zero-order valence-corrected chi connectivity index (χ0v) is 22.6. The third-order valence-electron chi connectivity index (χ3n) is 7.90. The number of aromatic nitrogens is 3. The molecule has 3 atom stereocenters. The lowest BCUT2D eigenvalue weighted by Gasteiger charge is -2.49. The van der Waals surface area contributed by atoms with Gasteiger partial charge < -0.3 is 4.90 Å². The van der Waals surface area contributed by atoms with E-state index in [1.165, 1.54) is 10.1 Å². The Morgan fingerprint density at radius 3 is 2.30 bits per heavy atom. The number of aryl methyl sites for hydroxylation is 1. The topological polar surface area (TPSA) is 102 Å². The molecule has 1 aromatic carbocycles. The average molecular weight is 498 g/mol. The van der Waals surface area contributed by atoms with Crippen LogP contribution in [0.4, 0.5) is 5.82 Å². The van der Waals surface area contributed by atoms with Gasteiger partial charge in [0.25, 0.3) is 0 Å². The van der Waals surface area contributed by atoms with E-state index < -0.39 is 5.41 Å². The highest BCUT2D eigenvalue weighted by atomic mass is 16.1. The van der Waals surface area contributed by atoms with Crippen molar-refractivity contribution < 1.29 is 0 Å². The van der Waals surface area contributed by atoms with Crippen molar-refractivity contribution in [1.82, 2.24) is 19.4 Å². The third-order valence-corrected chi connectivity index (χ3v) is 7.90. The predicted octanol–water partition coefficient (Wildman–Crippen LogP) is 4.44. The number of nitrogens with zero attached hydrogens (tertiary/aromatic N) is 7. The maximum absolute atomic E-state index is 12.8. The summed E-state index contributed by atoms with van der Waals surface area (Å²) in [6.45, 7) is 12.0. The summed E-state index contributed by atoms with van der Waals surface area (Å²) in [5.74, 6) is 0.566. The quantitative estimate of drug-likeness (QED) is 0.496. The first kappa shape index (κ1) is 26.3. The Bertz CT molecular complexity index is 1430. The molecule has 8 heteroatoms. The molecule has 0 saturated carbocycles. The van der Waals surface area contributed by atoms with Crippen molar-refractivity contribution in [3.63, 3.8) is 0 Å². The second-order valence-corrected chi connectivity index (χ2v) is 10.5. The number of benzene rings is 1. The number of piperazine rings is 1. The first-order valence-electron chi connectivity index (χ1n) is 13.0. The summed E-state index contributed by atoms with van der Waals surface area (Å²) in [5.41, 5.74) is 2.96. The van der Waals surface area contributed by atoms with E-state index in [4.69, 9.17) is 0 Å². The summed E-state index contributed by atoms with van der Waals surface area (Å²) in [7, 11) is 1.68. The number of hydrogen-bond acceptors (Lipinski definition) is 7. The summed E-state index contributed by atoms with van der Waals surface area (Å²) in [6.07, 6.45) is 1.82. The van der Waals surface area contributed by atoms with Crippen LogP contribution in [-0.2, 0) is 12.5 Å². The maximum Gasteiger partial charge on any atom is 0.349 e. The zero-order valence-electron chi connectivity index (χ0n) is 22.6. The number of nitriles is 2. The molecule has 0 amide bonds. The molecule has 1 aliphatic heterocycles. The lowest BCUT2D eigenvalue weighted by atomic mass is 9.85. The van der Waals surface area contributed by atoms with Gasteiger partial charge in [-0.3, -0.25) is 9.47 Å². The fourth-order valence-electron chi connectivity index (χ4n) is 5.32. The van der Waals surface area contributed by atoms with Crippen LogP contribution in [-0.4, -0.2) is 44.6 Å². The molecule has 0 radical (unpaired) electrons. The number of pyridine rings is 1. The average Bonchev–Trinajstić information content (AvgIpc) is 2.93. The molecule has 2 unspecified atom stereocenters. The van der Waals surface area contributed by atoms with Gasteiger partial charge in [0, 0.05) is 38.3 Å². The molecule has 1 fully saturated rings. The van der Waals surface area contributed by atoms with E-state index in [1.54, 1.807) is 19.2 Å². The van der Waals surface area contributed by atoms with Gasteiger partial charge in [0.1, 0.15) is 17.3 Å². The van der Waals surface area contributed by atoms with Gasteiger partial charge in [-0.1, -0.05) is 38.1 Å². The largest absolute Gasteiger partial charge is 0.349 e. The number of fused-ring (bicyclic) bond motifs is 1. The normalized spacial score (nSPS) is 19.4. The standard InChI is InChI=1S/C29H35N7O/c1-7-23-17-36(27-26-25(34(6)28(37)33-27)14-13-22(15-30)32-26)24(8-2)16-35(23)19(3)20-9-11-21(12-10-20)29(4,5)18-31/h9-14,19,23-24H,7-8,16-17H2,1-6H3/t19?,23-,24?/m1/s1. The van der Waals surface area contributed by atoms with Crippen molar-refractivity contribution in [2.45, 2.75) is 71.0 Å². The van der Waals surface area contributed by atoms with E-state index in [9.17, 15) is 15.3 Å². The number of rotatable bonds is 6. The van der Waals surface area contributed by atoms with E-state index in [2.05, 4.69) is 76.9 Å². The molecule has 1 aliphatic rings. The van der Waals surface area contributed by atoms with Crippen molar-refractivity contribution in [1.29, 1.82) is 10.5 Å². The SMILES string of the molecule is CCC1CN(C(C)c2ccc(C(C)(C)C#N)cc2)[C@H](CC)CN1c1nc(=O)n(C)c2ccc(C#N)nc12. The van der Waals surface area contributed by atoms with Crippen molar-refractivity contribution in [2.24, 2.45) is 7.05 Å². The van der Waals surface area contributed by atoms with Crippen LogP contribution in [0.2, 0.25) is 0 Å². The summed E-state index contributed by atoms with van der Waals surface area (Å²) in [4.78, 5) is 26.6. The molecule has 192 valence electrons. The second kappa shape index (κ2) is 10.3. The van der Waals surface area contributed by atoms with E-state index in [1.807, 2.05) is 13.8 Å². The molecule has 0 spiro atoms. The monoisotopic (exact) mass is 497 g/mol. The van der Waals surface area contributed by atoms with Gasteiger partial charge in [0.05, 0.1) is 17.0 Å². The fourth-order valence-corrected chi connectivity index (χ4v) is 5.32. The summed E-state index contributed by atoms with van der Waals surface area (Å²) >= 11 is 0. The van der Waals surface area contributed by atoms with Crippen molar-refractivity contribution in [3.8, 4) is 12.1 Å². The lowest BCUT2D eigenvalue weighted by Crippen LogP contribution is -2.59. The lowest BCUT2D eigenvalue weighted by molar-refractivity contribution is 0.101. The second-order valence-electron chi connectivity index (χ2n) is 10.5. The maximum atomic E-state index is 12.8. The van der Waals surface area contributed by atoms with Crippen molar-refractivity contribution in [3.05, 3.63) is 63.7 Å². The molecular weight excluding hydrogens is 462 g/mol. The smallest absolute Gasteiger partial charge is 0.349 e. The van der Waals surface area contributed by atoms with Gasteiger partial charge in [-0.15, -0.1) is 0 Å². The van der Waals surface area contributed by atoms with E-state index in [0.717, 1.165) is 24.9 Å². The molecule has 4 rings (SSSR count). The Morgan fingerprint density at radius 2 is 1.70 bits per heavy atom. The van der Waals surface area contributed by atoms with Crippen LogP contribution in [0.25, 0.3) is 11.0 Å². The van der Waals surface area contributed by atoms with Crippen LogP contribution in [0.1, 0.15) is 70.3 Å². The van der Waals surface area contributed by atoms with Gasteiger partial charge in [-0.05, 0) is 56.9 Å². The van der Waals surface area contributed by atoms with Crippen LogP contribution in [0.15, 0.2) is 41.2 Å². The molecule has 2 aromatic heterocycles. The van der Waals surface area contributed by atoms with Crippen LogP contribution >= 0.6 is 0 Å². The molecule has 8 nitrogen and oxygen atoms in total. The molecule has 37 heavy (non-hydrogen) atoms. The minimum atomic E-state index is -0.519. The van der Waals surface area contributed by atoms with Crippen LogP contribution < -0.4 is 10.6 Å². The summed E-state index contributed by atoms with van der Waals surface area (Å²) < 4.78 is 1.49. The molecule has 0 bridgehead atoms. The van der Waals surface area contributed by atoms with Gasteiger partial charge in [-0.25, -0.2) is 9.78 Å². The highest BCUT2D eigenvalue weighted by Crippen LogP contribution is 2.34. The third kappa shape index (κ3) is 4.82. The van der Waals surface area contributed by atoms with Gasteiger partial charge in [0.15, 0.2) is 5.82 Å². The predicted molar refractivity (Wildman–Crippen MR) is 145 cm³/mol. The zero-order chi connectivity index (χ0) is 26.9. The number of anilines is 1. The molecule has 3 heterocycles. The number of hydrogen-bond donors (Lipinski definition) is 0. The summed E-state index contributed by atoms with van der Waals surface area (Å²) in [5, 5.41) is 18.9. The van der Waals surface area contributed by atoms with Crippen molar-refractivity contribution >= 4 is 16.9 Å². The summed E-state index contributed by atoms with van der Waals surface area (Å²) in [6, 6.07) is 16.9.